The zero-order valence-corrected chi connectivity index (χ0v) is 14.0. The fraction of sp³-hybridized carbons (Fsp3) is 0.222. The summed E-state index contributed by atoms with van der Waals surface area (Å²) in [4.78, 5) is 0. The Hall–Kier alpha value is -1.58. The molecule has 3 aromatic rings. The van der Waals surface area contributed by atoms with Crippen molar-refractivity contribution in [3.05, 3.63) is 64.3 Å². The van der Waals surface area contributed by atoms with E-state index in [-0.39, 0.29) is 0 Å². The van der Waals surface area contributed by atoms with Gasteiger partial charge in [-0.3, -0.25) is 0 Å². The average molecular weight is 344 g/mol. The Morgan fingerprint density at radius 3 is 2.48 bits per heavy atom. The van der Waals surface area contributed by atoms with E-state index in [4.69, 9.17) is 0 Å². The van der Waals surface area contributed by atoms with Gasteiger partial charge in [-0.1, -0.05) is 40.2 Å². The van der Waals surface area contributed by atoms with Gasteiger partial charge in [0.2, 0.25) is 0 Å². The third kappa shape index (κ3) is 2.41. The Labute approximate surface area is 133 Å². The lowest BCUT2D eigenvalue weighted by atomic mass is 9.98. The zero-order chi connectivity index (χ0) is 15.2. The Kier molecular flexibility index (Phi) is 3.42. The molecule has 1 aromatic heterocycles. The Bertz CT molecular complexity index is 812. The van der Waals surface area contributed by atoms with Crippen LogP contribution in [-0.2, 0) is 5.60 Å². The Balaban J connectivity index is 2.36. The summed E-state index contributed by atoms with van der Waals surface area (Å²) < 4.78 is 3.24. The minimum atomic E-state index is -0.870. The van der Waals surface area contributed by atoms with Crippen LogP contribution in [-0.4, -0.2) is 9.67 Å². The van der Waals surface area contributed by atoms with E-state index in [1.807, 2.05) is 44.3 Å². The fourth-order valence-corrected chi connectivity index (χ4v) is 3.08. The molecular weight excluding hydrogens is 326 g/mol. The molecule has 1 heterocycles. The second-order valence-corrected chi connectivity index (χ2v) is 6.73. The van der Waals surface area contributed by atoms with Crippen LogP contribution in [0.3, 0.4) is 0 Å². The van der Waals surface area contributed by atoms with Crippen molar-refractivity contribution in [1.82, 2.24) is 4.57 Å². The number of halogens is 1. The number of fused-ring (bicyclic) bond motifs is 1. The molecule has 2 nitrogen and oxygen atoms in total. The number of rotatable bonds is 2. The third-order valence-corrected chi connectivity index (χ3v) is 4.73. The van der Waals surface area contributed by atoms with Crippen LogP contribution >= 0.6 is 15.9 Å². The van der Waals surface area contributed by atoms with Gasteiger partial charge in [-0.25, -0.2) is 0 Å². The number of nitrogens with zero attached hydrogens (tertiary/aromatic N) is 1. The van der Waals surface area contributed by atoms with Crippen LogP contribution in [0.15, 0.2) is 53.1 Å². The highest BCUT2D eigenvalue weighted by atomic mass is 79.9. The normalized spacial score (nSPS) is 12.0. The van der Waals surface area contributed by atoms with E-state index in [0.29, 0.717) is 0 Å². The SMILES string of the molecule is Cc1c(Br)cccc1-n1cc(C(C)(C)O)c2ccccc21. The maximum Gasteiger partial charge on any atom is 0.0861 e. The quantitative estimate of drug-likeness (QED) is 0.701. The first kappa shape index (κ1) is 14.4. The highest BCUT2D eigenvalue weighted by molar-refractivity contribution is 9.10. The van der Waals surface area contributed by atoms with Crippen LogP contribution in [0.4, 0.5) is 0 Å². The van der Waals surface area contributed by atoms with Gasteiger partial charge in [0.1, 0.15) is 0 Å². The topological polar surface area (TPSA) is 25.2 Å². The smallest absolute Gasteiger partial charge is 0.0861 e. The first-order chi connectivity index (χ1) is 9.89. The van der Waals surface area contributed by atoms with Crippen molar-refractivity contribution in [2.45, 2.75) is 26.4 Å². The summed E-state index contributed by atoms with van der Waals surface area (Å²) in [5, 5.41) is 11.5. The number of para-hydroxylation sites is 1. The number of aromatic nitrogens is 1. The van der Waals surface area contributed by atoms with Crippen molar-refractivity contribution in [2.24, 2.45) is 0 Å². The van der Waals surface area contributed by atoms with Gasteiger partial charge in [-0.05, 0) is 44.5 Å². The van der Waals surface area contributed by atoms with E-state index >= 15 is 0 Å². The second kappa shape index (κ2) is 5.00. The molecule has 3 heteroatoms. The fourth-order valence-electron chi connectivity index (χ4n) is 2.72. The lowest BCUT2D eigenvalue weighted by molar-refractivity contribution is 0.0801. The first-order valence-electron chi connectivity index (χ1n) is 6.98. The van der Waals surface area contributed by atoms with Crippen molar-refractivity contribution in [1.29, 1.82) is 0 Å². The maximum atomic E-state index is 10.4. The monoisotopic (exact) mass is 343 g/mol. The van der Waals surface area contributed by atoms with Gasteiger partial charge in [0.25, 0.3) is 0 Å². The third-order valence-electron chi connectivity index (χ3n) is 3.87. The molecule has 0 fully saturated rings. The number of aliphatic hydroxyl groups is 1. The van der Waals surface area contributed by atoms with Gasteiger partial charge in [-0.2, -0.15) is 0 Å². The minimum absolute atomic E-state index is 0.870. The molecule has 0 spiro atoms. The van der Waals surface area contributed by atoms with Gasteiger partial charge < -0.3 is 9.67 Å². The van der Waals surface area contributed by atoms with Crippen molar-refractivity contribution < 1.29 is 5.11 Å². The highest BCUT2D eigenvalue weighted by Gasteiger charge is 2.22. The van der Waals surface area contributed by atoms with Gasteiger partial charge in [-0.15, -0.1) is 0 Å². The molecule has 1 N–H and O–H groups in total. The van der Waals surface area contributed by atoms with E-state index in [2.05, 4.69) is 45.6 Å². The summed E-state index contributed by atoms with van der Waals surface area (Å²) in [7, 11) is 0. The molecule has 0 radical (unpaired) electrons. The molecule has 0 saturated heterocycles. The summed E-state index contributed by atoms with van der Waals surface area (Å²) >= 11 is 3.59. The highest BCUT2D eigenvalue weighted by Crippen LogP contribution is 2.33. The average Bonchev–Trinajstić information content (AvgIpc) is 2.81. The van der Waals surface area contributed by atoms with E-state index in [9.17, 15) is 5.11 Å². The van der Waals surface area contributed by atoms with Gasteiger partial charge in [0, 0.05) is 27.3 Å². The van der Waals surface area contributed by atoms with Crippen molar-refractivity contribution in [2.75, 3.05) is 0 Å². The molecule has 0 aliphatic carbocycles. The van der Waals surface area contributed by atoms with Crippen molar-refractivity contribution in [3.8, 4) is 5.69 Å². The lowest BCUT2D eigenvalue weighted by Crippen LogP contribution is -2.14. The van der Waals surface area contributed by atoms with Crippen LogP contribution in [0.25, 0.3) is 16.6 Å². The van der Waals surface area contributed by atoms with Crippen molar-refractivity contribution >= 4 is 26.8 Å². The Morgan fingerprint density at radius 2 is 1.76 bits per heavy atom. The molecule has 0 saturated carbocycles. The second-order valence-electron chi connectivity index (χ2n) is 5.87. The van der Waals surface area contributed by atoms with Crippen LogP contribution in [0, 0.1) is 6.92 Å². The summed E-state index contributed by atoms with van der Waals surface area (Å²) in [6, 6.07) is 14.4. The van der Waals surface area contributed by atoms with E-state index in [0.717, 1.165) is 26.6 Å². The molecule has 108 valence electrons. The van der Waals surface area contributed by atoms with Gasteiger partial charge in [0.15, 0.2) is 0 Å². The first-order valence-corrected chi connectivity index (χ1v) is 7.77. The molecular formula is C18H18BrNO. The predicted molar refractivity (Wildman–Crippen MR) is 91.0 cm³/mol. The molecule has 0 bridgehead atoms. The lowest BCUT2D eigenvalue weighted by Gasteiger charge is -2.16. The van der Waals surface area contributed by atoms with Crippen LogP contribution in [0.5, 0.6) is 0 Å². The molecule has 0 aliphatic heterocycles. The zero-order valence-electron chi connectivity index (χ0n) is 12.4. The van der Waals surface area contributed by atoms with E-state index in [1.165, 1.54) is 5.56 Å². The van der Waals surface area contributed by atoms with Gasteiger partial charge in [0.05, 0.1) is 11.1 Å². The van der Waals surface area contributed by atoms with Gasteiger partial charge >= 0.3 is 0 Å². The molecule has 0 amide bonds. The summed E-state index contributed by atoms with van der Waals surface area (Å²) in [6.07, 6.45) is 2.04. The molecule has 3 rings (SSSR count). The number of hydrogen-bond donors (Lipinski definition) is 1. The maximum absolute atomic E-state index is 10.4. The van der Waals surface area contributed by atoms with Crippen molar-refractivity contribution in [3.63, 3.8) is 0 Å². The standard InChI is InChI=1S/C18H18BrNO/c1-12-15(19)8-6-10-16(12)20-11-14(18(2,3)21)13-7-4-5-9-17(13)20/h4-11,21H,1-3H3. The van der Waals surface area contributed by atoms with Crippen LogP contribution in [0.1, 0.15) is 25.0 Å². The summed E-state index contributed by atoms with van der Waals surface area (Å²) in [5.74, 6) is 0. The molecule has 0 aliphatic rings. The Morgan fingerprint density at radius 1 is 1.05 bits per heavy atom. The summed E-state index contributed by atoms with van der Waals surface area (Å²) in [6.45, 7) is 5.75. The largest absolute Gasteiger partial charge is 0.386 e. The number of hydrogen-bond acceptors (Lipinski definition) is 1. The minimum Gasteiger partial charge on any atom is -0.386 e. The summed E-state index contributed by atoms with van der Waals surface area (Å²) in [5.41, 5.74) is 3.48. The predicted octanol–water partition coefficient (Wildman–Crippen LogP) is 4.93. The van der Waals surface area contributed by atoms with E-state index in [1.54, 1.807) is 0 Å². The van der Waals surface area contributed by atoms with Crippen LogP contribution in [0.2, 0.25) is 0 Å². The van der Waals surface area contributed by atoms with Crippen LogP contribution < -0.4 is 0 Å². The molecule has 2 aromatic carbocycles. The molecule has 0 unspecified atom stereocenters. The number of benzene rings is 2. The van der Waals surface area contributed by atoms with E-state index < -0.39 is 5.60 Å². The molecule has 21 heavy (non-hydrogen) atoms. The molecule has 0 atom stereocenters.